The zero-order chi connectivity index (χ0) is 22.8. The molecule has 8 heteroatoms. The Morgan fingerprint density at radius 3 is 2.47 bits per heavy atom. The molecule has 2 fully saturated rings. The SMILES string of the molecule is CN1C(=S)N(C2CCCCC2)C(=O)/C1=C/c1cc(Br)c(OCc2ccccc2Cl)c(Br)c1. The lowest BCUT2D eigenvalue weighted by Crippen LogP contribution is -2.41. The van der Waals surface area contributed by atoms with Crippen LogP contribution in [0, 0.1) is 0 Å². The molecular weight excluding hydrogens is 576 g/mol. The molecule has 0 bridgehead atoms. The molecule has 1 saturated carbocycles. The summed E-state index contributed by atoms with van der Waals surface area (Å²) in [6, 6.07) is 11.7. The number of amides is 1. The van der Waals surface area contributed by atoms with E-state index in [9.17, 15) is 4.79 Å². The van der Waals surface area contributed by atoms with E-state index in [1.54, 1.807) is 0 Å². The van der Waals surface area contributed by atoms with E-state index in [1.807, 2.05) is 59.3 Å². The van der Waals surface area contributed by atoms with Gasteiger partial charge in [0.1, 0.15) is 18.1 Å². The molecule has 0 unspecified atom stereocenters. The van der Waals surface area contributed by atoms with Gasteiger partial charge >= 0.3 is 0 Å². The van der Waals surface area contributed by atoms with Crippen molar-refractivity contribution in [1.82, 2.24) is 9.80 Å². The van der Waals surface area contributed by atoms with Crippen LogP contribution in [0.1, 0.15) is 43.2 Å². The van der Waals surface area contributed by atoms with Gasteiger partial charge in [0.25, 0.3) is 5.91 Å². The van der Waals surface area contributed by atoms with Crippen molar-refractivity contribution in [3.63, 3.8) is 0 Å². The molecule has 1 aliphatic heterocycles. The number of benzene rings is 2. The van der Waals surface area contributed by atoms with Crippen molar-refractivity contribution in [1.29, 1.82) is 0 Å². The van der Waals surface area contributed by atoms with Crippen LogP contribution in [-0.2, 0) is 11.4 Å². The molecule has 0 atom stereocenters. The van der Waals surface area contributed by atoms with E-state index >= 15 is 0 Å². The van der Waals surface area contributed by atoms with Gasteiger partial charge in [0.15, 0.2) is 5.11 Å². The molecule has 1 heterocycles. The maximum Gasteiger partial charge on any atom is 0.277 e. The average Bonchev–Trinajstić information content (AvgIpc) is 2.98. The van der Waals surface area contributed by atoms with Gasteiger partial charge in [-0.05, 0) is 86.8 Å². The minimum absolute atomic E-state index is 0.0179. The molecule has 2 aromatic carbocycles. The van der Waals surface area contributed by atoms with Gasteiger partial charge in [-0.1, -0.05) is 49.1 Å². The zero-order valence-electron chi connectivity index (χ0n) is 17.6. The van der Waals surface area contributed by atoms with Crippen molar-refractivity contribution >= 4 is 72.8 Å². The van der Waals surface area contributed by atoms with Crippen molar-refractivity contribution in [3.05, 3.63) is 67.2 Å². The van der Waals surface area contributed by atoms with Gasteiger partial charge < -0.3 is 9.64 Å². The van der Waals surface area contributed by atoms with Crippen LogP contribution in [0.25, 0.3) is 6.08 Å². The summed E-state index contributed by atoms with van der Waals surface area (Å²) in [6.45, 7) is 0.350. The summed E-state index contributed by atoms with van der Waals surface area (Å²) < 4.78 is 7.58. The number of carbonyl (C=O) groups is 1. The van der Waals surface area contributed by atoms with E-state index < -0.39 is 0 Å². The number of rotatable bonds is 5. The fourth-order valence-electron chi connectivity index (χ4n) is 4.16. The van der Waals surface area contributed by atoms with Crippen molar-refractivity contribution in [2.75, 3.05) is 7.05 Å². The molecule has 4 nitrogen and oxygen atoms in total. The largest absolute Gasteiger partial charge is 0.486 e. The third kappa shape index (κ3) is 4.91. The van der Waals surface area contributed by atoms with Crippen LogP contribution in [0.4, 0.5) is 0 Å². The van der Waals surface area contributed by atoms with Crippen LogP contribution >= 0.6 is 55.7 Å². The number of likely N-dealkylation sites (N-methyl/N-ethyl adjacent to an activating group) is 1. The molecule has 0 radical (unpaired) electrons. The summed E-state index contributed by atoms with van der Waals surface area (Å²) in [7, 11) is 1.86. The van der Waals surface area contributed by atoms with E-state index in [0.29, 0.717) is 28.2 Å². The molecular formula is C24H23Br2ClN2O2S. The van der Waals surface area contributed by atoms with Gasteiger partial charge in [-0.15, -0.1) is 0 Å². The number of thiocarbonyl (C=S) groups is 1. The molecule has 168 valence electrons. The Morgan fingerprint density at radius 1 is 1.16 bits per heavy atom. The van der Waals surface area contributed by atoms with E-state index in [4.69, 9.17) is 28.6 Å². The quantitative estimate of drug-likeness (QED) is 0.270. The number of nitrogens with zero attached hydrogens (tertiary/aromatic N) is 2. The first kappa shape index (κ1) is 23.7. The molecule has 0 N–H and O–H groups in total. The Hall–Kier alpha value is -1.41. The molecule has 32 heavy (non-hydrogen) atoms. The van der Waals surface area contributed by atoms with Crippen LogP contribution in [0.5, 0.6) is 5.75 Å². The fourth-order valence-corrected chi connectivity index (χ4v) is 6.13. The molecule has 2 aromatic rings. The first-order chi connectivity index (χ1) is 15.4. The molecule has 1 saturated heterocycles. The Balaban J connectivity index is 1.55. The second kappa shape index (κ2) is 10.2. The van der Waals surface area contributed by atoms with Gasteiger partial charge in [-0.2, -0.15) is 0 Å². The molecule has 0 aromatic heterocycles. The maximum absolute atomic E-state index is 13.2. The van der Waals surface area contributed by atoms with E-state index in [-0.39, 0.29) is 11.9 Å². The normalized spacial score (nSPS) is 18.7. The van der Waals surface area contributed by atoms with E-state index in [0.717, 1.165) is 45.8 Å². The third-order valence-electron chi connectivity index (χ3n) is 5.89. The molecule has 1 amide bonds. The Bertz CT molecular complexity index is 1060. The summed E-state index contributed by atoms with van der Waals surface area (Å²) >= 11 is 19.1. The summed E-state index contributed by atoms with van der Waals surface area (Å²) in [5.41, 5.74) is 2.37. The smallest absolute Gasteiger partial charge is 0.277 e. The van der Waals surface area contributed by atoms with Gasteiger partial charge in [0.05, 0.1) is 8.95 Å². The lowest BCUT2D eigenvalue weighted by atomic mass is 9.94. The predicted octanol–water partition coefficient (Wildman–Crippen LogP) is 7.18. The third-order valence-corrected chi connectivity index (χ3v) is 7.90. The average molecular weight is 599 g/mol. The second-order valence-corrected chi connectivity index (χ2v) is 10.5. The van der Waals surface area contributed by atoms with Crippen LogP contribution in [-0.4, -0.2) is 33.9 Å². The van der Waals surface area contributed by atoms with Crippen molar-refractivity contribution < 1.29 is 9.53 Å². The number of halogens is 3. The Kier molecular flexibility index (Phi) is 7.60. The monoisotopic (exact) mass is 596 g/mol. The van der Waals surface area contributed by atoms with Gasteiger partial charge in [-0.25, -0.2) is 0 Å². The van der Waals surface area contributed by atoms with Crippen LogP contribution in [0.3, 0.4) is 0 Å². The minimum Gasteiger partial charge on any atom is -0.486 e. The van der Waals surface area contributed by atoms with Crippen LogP contribution in [0.2, 0.25) is 5.02 Å². The van der Waals surface area contributed by atoms with Crippen molar-refractivity contribution in [3.8, 4) is 5.75 Å². The lowest BCUT2D eigenvalue weighted by Gasteiger charge is -2.30. The summed E-state index contributed by atoms with van der Waals surface area (Å²) in [6.07, 6.45) is 7.44. The van der Waals surface area contributed by atoms with Crippen LogP contribution < -0.4 is 4.74 Å². The number of hydrogen-bond acceptors (Lipinski definition) is 3. The molecule has 1 aliphatic carbocycles. The fraction of sp³-hybridized carbons (Fsp3) is 0.333. The van der Waals surface area contributed by atoms with Gasteiger partial charge in [0.2, 0.25) is 0 Å². The molecule has 2 aliphatic rings. The van der Waals surface area contributed by atoms with E-state index in [2.05, 4.69) is 31.9 Å². The topological polar surface area (TPSA) is 32.8 Å². The van der Waals surface area contributed by atoms with Gasteiger partial charge in [0, 0.05) is 23.7 Å². The van der Waals surface area contributed by atoms with Crippen molar-refractivity contribution in [2.45, 2.75) is 44.8 Å². The highest BCUT2D eigenvalue weighted by Crippen LogP contribution is 2.37. The summed E-state index contributed by atoms with van der Waals surface area (Å²) in [4.78, 5) is 16.9. The lowest BCUT2D eigenvalue weighted by molar-refractivity contribution is -0.124. The Morgan fingerprint density at radius 2 is 1.81 bits per heavy atom. The highest BCUT2D eigenvalue weighted by Gasteiger charge is 2.40. The highest BCUT2D eigenvalue weighted by molar-refractivity contribution is 9.11. The standard InChI is InChI=1S/C24H23Br2ClN2O2S/c1-28-21(23(30)29(24(28)32)17-8-3-2-4-9-17)13-15-11-18(25)22(19(26)12-15)31-14-16-7-5-6-10-20(16)27/h5-7,10-13,17H,2-4,8-9,14H2,1H3/b21-13-. The number of ether oxygens (including phenoxy) is 1. The summed E-state index contributed by atoms with van der Waals surface area (Å²) in [5.74, 6) is 0.660. The number of hydrogen-bond donors (Lipinski definition) is 0. The minimum atomic E-state index is -0.0179. The first-order valence-corrected chi connectivity index (χ1v) is 12.9. The molecule has 0 spiro atoms. The number of carbonyl (C=O) groups excluding carboxylic acids is 1. The molecule has 4 rings (SSSR count). The highest BCUT2D eigenvalue weighted by atomic mass is 79.9. The second-order valence-electron chi connectivity index (χ2n) is 8.03. The first-order valence-electron chi connectivity index (χ1n) is 10.5. The predicted molar refractivity (Wildman–Crippen MR) is 140 cm³/mol. The van der Waals surface area contributed by atoms with Gasteiger partial charge in [-0.3, -0.25) is 9.69 Å². The summed E-state index contributed by atoms with van der Waals surface area (Å²) in [5, 5.41) is 1.26. The zero-order valence-corrected chi connectivity index (χ0v) is 22.4. The maximum atomic E-state index is 13.2. The van der Waals surface area contributed by atoms with Crippen LogP contribution in [0.15, 0.2) is 51.0 Å². The van der Waals surface area contributed by atoms with Crippen molar-refractivity contribution in [2.24, 2.45) is 0 Å². The Labute approximate surface area is 215 Å². The van der Waals surface area contributed by atoms with E-state index in [1.165, 1.54) is 6.42 Å².